The van der Waals surface area contributed by atoms with Crippen LogP contribution in [-0.4, -0.2) is 0 Å². The largest absolute Gasteiger partial charge is 0.0844 e. The highest BCUT2D eigenvalue weighted by Gasteiger charge is 2.41. The molecular formula is C15H20. The van der Waals surface area contributed by atoms with E-state index in [1.807, 2.05) is 0 Å². The second kappa shape index (κ2) is 4.22. The highest BCUT2D eigenvalue weighted by Crippen LogP contribution is 2.54. The topological polar surface area (TPSA) is 0 Å². The molecule has 1 aromatic carbocycles. The van der Waals surface area contributed by atoms with E-state index in [9.17, 15) is 0 Å². The van der Waals surface area contributed by atoms with Crippen LogP contribution in [0.5, 0.6) is 0 Å². The summed E-state index contributed by atoms with van der Waals surface area (Å²) in [6.07, 6.45) is 7.47. The van der Waals surface area contributed by atoms with E-state index in [4.69, 9.17) is 0 Å². The van der Waals surface area contributed by atoms with Crippen LogP contribution < -0.4 is 0 Å². The van der Waals surface area contributed by atoms with Crippen LogP contribution in [0.15, 0.2) is 42.0 Å². The summed E-state index contributed by atoms with van der Waals surface area (Å²) in [6.45, 7) is 4.67. The Morgan fingerprint density at radius 2 is 2.00 bits per heavy atom. The van der Waals surface area contributed by atoms with Crippen LogP contribution in [0.2, 0.25) is 0 Å². The van der Waals surface area contributed by atoms with Crippen molar-refractivity contribution >= 4 is 0 Å². The molecule has 15 heavy (non-hydrogen) atoms. The molecule has 0 nitrogen and oxygen atoms in total. The van der Waals surface area contributed by atoms with Gasteiger partial charge >= 0.3 is 0 Å². The molecule has 0 aliphatic heterocycles. The van der Waals surface area contributed by atoms with E-state index in [-0.39, 0.29) is 0 Å². The molecule has 1 atom stereocenters. The van der Waals surface area contributed by atoms with Crippen molar-refractivity contribution in [1.82, 2.24) is 0 Å². The highest BCUT2D eigenvalue weighted by molar-refractivity contribution is 5.31. The molecule has 0 aromatic heterocycles. The normalized spacial score (nSPS) is 26.9. The van der Waals surface area contributed by atoms with Gasteiger partial charge < -0.3 is 0 Å². The van der Waals surface area contributed by atoms with Gasteiger partial charge in [-0.15, -0.1) is 0 Å². The Balaban J connectivity index is 1.82. The third-order valence-corrected chi connectivity index (χ3v) is 3.68. The Morgan fingerprint density at radius 1 is 1.27 bits per heavy atom. The minimum Gasteiger partial charge on any atom is -0.0844 e. The molecule has 1 aliphatic rings. The molecular weight excluding hydrogens is 180 g/mol. The van der Waals surface area contributed by atoms with Gasteiger partial charge in [-0.25, -0.2) is 0 Å². The average molecular weight is 200 g/mol. The molecule has 1 aromatic rings. The van der Waals surface area contributed by atoms with Gasteiger partial charge in [0.25, 0.3) is 0 Å². The molecule has 1 fully saturated rings. The van der Waals surface area contributed by atoms with Gasteiger partial charge in [-0.2, -0.15) is 0 Å². The Labute approximate surface area is 93.0 Å². The first kappa shape index (κ1) is 10.5. The monoisotopic (exact) mass is 200 g/mol. The summed E-state index contributed by atoms with van der Waals surface area (Å²) in [4.78, 5) is 0. The second-order valence-corrected chi connectivity index (χ2v) is 4.84. The number of benzene rings is 1. The first-order valence-electron chi connectivity index (χ1n) is 5.98. The van der Waals surface area contributed by atoms with E-state index in [0.29, 0.717) is 5.41 Å². The predicted molar refractivity (Wildman–Crippen MR) is 65.9 cm³/mol. The van der Waals surface area contributed by atoms with Crippen molar-refractivity contribution in [2.24, 2.45) is 5.41 Å². The molecule has 0 heterocycles. The Bertz CT molecular complexity index is 348. The number of rotatable bonds is 4. The van der Waals surface area contributed by atoms with Gasteiger partial charge in [0.2, 0.25) is 0 Å². The predicted octanol–water partition coefficient (Wildman–Crippen LogP) is 4.37. The molecule has 0 heteroatoms. The van der Waals surface area contributed by atoms with Gasteiger partial charge in [-0.05, 0) is 36.7 Å². The van der Waals surface area contributed by atoms with Gasteiger partial charge in [-0.1, -0.05) is 55.8 Å². The molecule has 2 rings (SSSR count). The fourth-order valence-corrected chi connectivity index (χ4v) is 2.10. The molecule has 1 saturated carbocycles. The SMILES string of the molecule is CC[C@@]1(C)C/C1=C\CCc1ccccc1. The summed E-state index contributed by atoms with van der Waals surface area (Å²) in [5, 5.41) is 0. The highest BCUT2D eigenvalue weighted by atomic mass is 14.5. The van der Waals surface area contributed by atoms with Gasteiger partial charge in [0.1, 0.15) is 0 Å². The minimum atomic E-state index is 0.566. The van der Waals surface area contributed by atoms with Crippen LogP contribution in [0.3, 0.4) is 0 Å². The molecule has 80 valence electrons. The first-order chi connectivity index (χ1) is 7.24. The lowest BCUT2D eigenvalue weighted by molar-refractivity contribution is 0.578. The van der Waals surface area contributed by atoms with Crippen LogP contribution in [-0.2, 0) is 6.42 Å². The first-order valence-corrected chi connectivity index (χ1v) is 5.98. The molecule has 0 saturated heterocycles. The summed E-state index contributed by atoms with van der Waals surface area (Å²) in [6, 6.07) is 10.7. The maximum Gasteiger partial charge on any atom is -0.00814 e. The van der Waals surface area contributed by atoms with Crippen LogP contribution in [0.25, 0.3) is 0 Å². The Hall–Kier alpha value is -1.04. The summed E-state index contributed by atoms with van der Waals surface area (Å²) in [7, 11) is 0. The van der Waals surface area contributed by atoms with Gasteiger partial charge in [-0.3, -0.25) is 0 Å². The van der Waals surface area contributed by atoms with Gasteiger partial charge in [0, 0.05) is 0 Å². The lowest BCUT2D eigenvalue weighted by atomic mass is 10.0. The third kappa shape index (κ3) is 2.50. The average Bonchev–Trinajstić information content (AvgIpc) is 2.92. The smallest absolute Gasteiger partial charge is 0.00814 e. The zero-order chi connectivity index (χ0) is 10.7. The van der Waals surface area contributed by atoms with Crippen LogP contribution in [0.1, 0.15) is 38.7 Å². The molecule has 0 bridgehead atoms. The minimum absolute atomic E-state index is 0.566. The molecule has 0 radical (unpaired) electrons. The number of hydrogen-bond acceptors (Lipinski definition) is 0. The fraction of sp³-hybridized carbons (Fsp3) is 0.467. The Kier molecular flexibility index (Phi) is 2.95. The van der Waals surface area contributed by atoms with E-state index in [1.165, 1.54) is 31.2 Å². The quantitative estimate of drug-likeness (QED) is 0.633. The molecule has 0 N–H and O–H groups in total. The molecule has 1 aliphatic carbocycles. The third-order valence-electron chi connectivity index (χ3n) is 3.68. The second-order valence-electron chi connectivity index (χ2n) is 4.84. The summed E-state index contributed by atoms with van der Waals surface area (Å²) in [5.41, 5.74) is 3.70. The maximum absolute atomic E-state index is 2.45. The fourth-order valence-electron chi connectivity index (χ4n) is 2.10. The lowest BCUT2D eigenvalue weighted by Gasteiger charge is -2.00. The Morgan fingerprint density at radius 3 is 2.60 bits per heavy atom. The van der Waals surface area contributed by atoms with Crippen molar-refractivity contribution in [3.8, 4) is 0 Å². The number of allylic oxidation sites excluding steroid dienone is 2. The van der Waals surface area contributed by atoms with Crippen molar-refractivity contribution in [2.75, 3.05) is 0 Å². The van der Waals surface area contributed by atoms with E-state index in [2.05, 4.69) is 50.3 Å². The van der Waals surface area contributed by atoms with Crippen LogP contribution in [0.4, 0.5) is 0 Å². The van der Waals surface area contributed by atoms with Gasteiger partial charge in [0.15, 0.2) is 0 Å². The van der Waals surface area contributed by atoms with Crippen molar-refractivity contribution in [3.05, 3.63) is 47.5 Å². The summed E-state index contributed by atoms with van der Waals surface area (Å²) in [5.74, 6) is 0. The van der Waals surface area contributed by atoms with Gasteiger partial charge in [0.05, 0.1) is 0 Å². The number of hydrogen-bond donors (Lipinski definition) is 0. The van der Waals surface area contributed by atoms with E-state index < -0.39 is 0 Å². The van der Waals surface area contributed by atoms with Crippen molar-refractivity contribution in [3.63, 3.8) is 0 Å². The van der Waals surface area contributed by atoms with E-state index >= 15 is 0 Å². The molecule has 0 spiro atoms. The maximum atomic E-state index is 2.45. The zero-order valence-corrected chi connectivity index (χ0v) is 9.79. The molecule has 0 unspecified atom stereocenters. The van der Waals surface area contributed by atoms with E-state index in [1.54, 1.807) is 5.57 Å². The summed E-state index contributed by atoms with van der Waals surface area (Å²) < 4.78 is 0. The summed E-state index contributed by atoms with van der Waals surface area (Å²) >= 11 is 0. The van der Waals surface area contributed by atoms with Crippen molar-refractivity contribution in [2.45, 2.75) is 39.5 Å². The van der Waals surface area contributed by atoms with Crippen molar-refractivity contribution in [1.29, 1.82) is 0 Å². The molecule has 0 amide bonds. The standard InChI is InChI=1S/C15H20/c1-3-15(2)12-14(15)11-7-10-13-8-5-4-6-9-13/h4-6,8-9,11H,3,7,10,12H2,1-2H3/b14-11+/t15-/m0/s1. The number of aryl methyl sites for hydroxylation is 1. The van der Waals surface area contributed by atoms with Crippen molar-refractivity contribution < 1.29 is 0 Å². The van der Waals surface area contributed by atoms with E-state index in [0.717, 1.165) is 0 Å². The van der Waals surface area contributed by atoms with Crippen LogP contribution in [0, 0.1) is 5.41 Å². The zero-order valence-electron chi connectivity index (χ0n) is 9.79. The van der Waals surface area contributed by atoms with Crippen LogP contribution >= 0.6 is 0 Å². The lowest BCUT2D eigenvalue weighted by Crippen LogP contribution is -1.88.